The van der Waals surface area contributed by atoms with Crippen LogP contribution in [0.5, 0.6) is 11.5 Å². The second kappa shape index (κ2) is 9.12. The highest BCUT2D eigenvalue weighted by molar-refractivity contribution is 6.30. The fraction of sp³-hybridized carbons (Fsp3) is 0.400. The molecular weight excluding hydrogens is 352 g/mol. The molecule has 0 radical (unpaired) electrons. The Bertz CT molecular complexity index is 688. The van der Waals surface area contributed by atoms with Crippen molar-refractivity contribution in [2.45, 2.75) is 6.10 Å². The minimum absolute atomic E-state index is 0.276. The van der Waals surface area contributed by atoms with Gasteiger partial charge in [0, 0.05) is 49.5 Å². The van der Waals surface area contributed by atoms with Gasteiger partial charge in [-0.05, 0) is 36.4 Å². The Hall–Kier alpha value is -1.95. The third-order valence-electron chi connectivity index (χ3n) is 4.52. The number of rotatable bonds is 7. The van der Waals surface area contributed by atoms with E-state index in [1.807, 2.05) is 24.3 Å². The molecule has 0 aliphatic carbocycles. The molecule has 0 saturated carbocycles. The molecule has 140 valence electrons. The Kier molecular flexibility index (Phi) is 6.61. The summed E-state index contributed by atoms with van der Waals surface area (Å²) in [7, 11) is 1.69. The molecule has 6 heteroatoms. The van der Waals surface area contributed by atoms with Crippen molar-refractivity contribution >= 4 is 17.3 Å². The molecule has 5 nitrogen and oxygen atoms in total. The standard InChI is InChI=1S/C20H25ClN2O3/c1-25-20-4-2-3-17(13-20)23-11-9-22(10-12-23)14-18(24)15-26-19-7-5-16(21)6-8-19/h2-8,13,18,24H,9-12,14-15H2,1H3. The van der Waals surface area contributed by atoms with E-state index < -0.39 is 6.10 Å². The number of ether oxygens (including phenoxy) is 2. The van der Waals surface area contributed by atoms with Gasteiger partial charge in [0.05, 0.1) is 7.11 Å². The van der Waals surface area contributed by atoms with Crippen molar-refractivity contribution in [3.8, 4) is 11.5 Å². The average molecular weight is 377 g/mol. The highest BCUT2D eigenvalue weighted by Crippen LogP contribution is 2.22. The summed E-state index contributed by atoms with van der Waals surface area (Å²) in [6.45, 7) is 4.57. The molecule has 1 N–H and O–H groups in total. The lowest BCUT2D eigenvalue weighted by atomic mass is 10.2. The molecule has 2 aromatic carbocycles. The van der Waals surface area contributed by atoms with Crippen molar-refractivity contribution < 1.29 is 14.6 Å². The molecule has 3 rings (SSSR count). The summed E-state index contributed by atoms with van der Waals surface area (Å²) in [6.07, 6.45) is -0.519. The first-order valence-electron chi connectivity index (χ1n) is 8.82. The van der Waals surface area contributed by atoms with Gasteiger partial charge in [-0.1, -0.05) is 17.7 Å². The number of hydrogen-bond acceptors (Lipinski definition) is 5. The Morgan fingerprint density at radius 2 is 1.77 bits per heavy atom. The molecule has 0 spiro atoms. The Morgan fingerprint density at radius 1 is 1.04 bits per heavy atom. The lowest BCUT2D eigenvalue weighted by molar-refractivity contribution is 0.0663. The predicted octanol–water partition coefficient (Wildman–Crippen LogP) is 2.91. The number of aliphatic hydroxyl groups excluding tert-OH is 1. The minimum atomic E-state index is -0.519. The lowest BCUT2D eigenvalue weighted by Crippen LogP contribution is -2.49. The summed E-state index contributed by atoms with van der Waals surface area (Å²) in [4.78, 5) is 4.61. The number of anilines is 1. The van der Waals surface area contributed by atoms with Crippen molar-refractivity contribution in [2.24, 2.45) is 0 Å². The van der Waals surface area contributed by atoms with Crippen LogP contribution in [0.25, 0.3) is 0 Å². The minimum Gasteiger partial charge on any atom is -0.497 e. The van der Waals surface area contributed by atoms with E-state index in [0.29, 0.717) is 11.6 Å². The normalized spacial score (nSPS) is 16.3. The van der Waals surface area contributed by atoms with Crippen LogP contribution in [0, 0.1) is 0 Å². The van der Waals surface area contributed by atoms with Crippen molar-refractivity contribution in [1.29, 1.82) is 0 Å². The zero-order valence-electron chi connectivity index (χ0n) is 15.0. The van der Waals surface area contributed by atoms with Gasteiger partial charge in [0.25, 0.3) is 0 Å². The number of nitrogens with zero attached hydrogens (tertiary/aromatic N) is 2. The van der Waals surface area contributed by atoms with E-state index in [9.17, 15) is 5.11 Å². The monoisotopic (exact) mass is 376 g/mol. The second-order valence-corrected chi connectivity index (χ2v) is 6.84. The molecule has 1 heterocycles. The fourth-order valence-electron chi connectivity index (χ4n) is 3.07. The maximum Gasteiger partial charge on any atom is 0.120 e. The van der Waals surface area contributed by atoms with Crippen LogP contribution >= 0.6 is 11.6 Å². The van der Waals surface area contributed by atoms with Gasteiger partial charge < -0.3 is 19.5 Å². The molecule has 1 aliphatic heterocycles. The van der Waals surface area contributed by atoms with Crippen molar-refractivity contribution in [1.82, 2.24) is 4.90 Å². The molecule has 0 amide bonds. The van der Waals surface area contributed by atoms with Crippen LogP contribution in [0.4, 0.5) is 5.69 Å². The SMILES string of the molecule is COc1cccc(N2CCN(CC(O)COc3ccc(Cl)cc3)CC2)c1. The molecule has 1 atom stereocenters. The molecule has 1 unspecified atom stereocenters. The molecule has 0 aromatic heterocycles. The van der Waals surface area contributed by atoms with Crippen LogP contribution in [-0.2, 0) is 0 Å². The van der Waals surface area contributed by atoms with Crippen molar-refractivity contribution in [3.63, 3.8) is 0 Å². The van der Waals surface area contributed by atoms with Gasteiger partial charge >= 0.3 is 0 Å². The Labute approximate surface area is 159 Å². The zero-order chi connectivity index (χ0) is 18.4. The number of β-amino-alcohol motifs (C(OH)–C–C–N with tert-alkyl or cyclic N) is 1. The van der Waals surface area contributed by atoms with E-state index in [2.05, 4.69) is 21.9 Å². The van der Waals surface area contributed by atoms with Crippen molar-refractivity contribution in [3.05, 3.63) is 53.6 Å². The van der Waals surface area contributed by atoms with Crippen LogP contribution in [0.15, 0.2) is 48.5 Å². The van der Waals surface area contributed by atoms with Gasteiger partial charge in [-0.2, -0.15) is 0 Å². The third-order valence-corrected chi connectivity index (χ3v) is 4.77. The van der Waals surface area contributed by atoms with Gasteiger partial charge in [-0.25, -0.2) is 0 Å². The third kappa shape index (κ3) is 5.27. The average Bonchev–Trinajstić information content (AvgIpc) is 2.68. The van der Waals surface area contributed by atoms with Gasteiger partial charge in [0.15, 0.2) is 0 Å². The van der Waals surface area contributed by atoms with Crippen LogP contribution < -0.4 is 14.4 Å². The van der Waals surface area contributed by atoms with Gasteiger partial charge in [-0.3, -0.25) is 4.90 Å². The highest BCUT2D eigenvalue weighted by atomic mass is 35.5. The van der Waals surface area contributed by atoms with E-state index in [0.717, 1.165) is 37.7 Å². The highest BCUT2D eigenvalue weighted by Gasteiger charge is 2.20. The number of aliphatic hydroxyl groups is 1. The van der Waals surface area contributed by atoms with E-state index >= 15 is 0 Å². The molecule has 2 aromatic rings. The summed E-state index contributed by atoms with van der Waals surface area (Å²) in [5, 5.41) is 10.9. The molecule has 1 aliphatic rings. The molecule has 1 fully saturated rings. The van der Waals surface area contributed by atoms with E-state index in [4.69, 9.17) is 21.1 Å². The summed E-state index contributed by atoms with van der Waals surface area (Å²) in [6, 6.07) is 15.3. The van der Waals surface area contributed by atoms with Gasteiger partial charge in [0.1, 0.15) is 24.2 Å². The number of benzene rings is 2. The first kappa shape index (κ1) is 18.8. The Balaban J connectivity index is 1.42. The molecule has 1 saturated heterocycles. The number of piperazine rings is 1. The maximum atomic E-state index is 10.2. The molecule has 26 heavy (non-hydrogen) atoms. The largest absolute Gasteiger partial charge is 0.497 e. The molecule has 0 bridgehead atoms. The number of halogens is 1. The second-order valence-electron chi connectivity index (χ2n) is 6.41. The summed E-state index contributed by atoms with van der Waals surface area (Å²) >= 11 is 5.85. The smallest absolute Gasteiger partial charge is 0.120 e. The van der Waals surface area contributed by atoms with Gasteiger partial charge in [-0.15, -0.1) is 0 Å². The van der Waals surface area contributed by atoms with E-state index in [1.165, 1.54) is 5.69 Å². The first-order chi connectivity index (χ1) is 12.6. The maximum absolute atomic E-state index is 10.2. The van der Waals surface area contributed by atoms with Gasteiger partial charge in [0.2, 0.25) is 0 Å². The van der Waals surface area contributed by atoms with Crippen LogP contribution in [0.2, 0.25) is 5.02 Å². The van der Waals surface area contributed by atoms with Crippen molar-refractivity contribution in [2.75, 3.05) is 51.3 Å². The van der Waals surface area contributed by atoms with Crippen LogP contribution in [0.3, 0.4) is 0 Å². The quantitative estimate of drug-likeness (QED) is 0.805. The molecular formula is C20H25ClN2O3. The topological polar surface area (TPSA) is 45.2 Å². The summed E-state index contributed by atoms with van der Waals surface area (Å²) < 4.78 is 10.9. The summed E-state index contributed by atoms with van der Waals surface area (Å²) in [5.74, 6) is 1.59. The fourth-order valence-corrected chi connectivity index (χ4v) is 3.20. The first-order valence-corrected chi connectivity index (χ1v) is 9.19. The predicted molar refractivity (Wildman–Crippen MR) is 105 cm³/mol. The Morgan fingerprint density at radius 3 is 2.46 bits per heavy atom. The van der Waals surface area contributed by atoms with Crippen LogP contribution in [-0.4, -0.2) is 62.6 Å². The number of methoxy groups -OCH3 is 1. The van der Waals surface area contributed by atoms with E-state index in [1.54, 1.807) is 19.2 Å². The summed E-state index contributed by atoms with van der Waals surface area (Å²) in [5.41, 5.74) is 1.18. The lowest BCUT2D eigenvalue weighted by Gasteiger charge is -2.37. The van der Waals surface area contributed by atoms with Crippen LogP contribution in [0.1, 0.15) is 0 Å². The number of hydrogen-bond donors (Lipinski definition) is 1. The zero-order valence-corrected chi connectivity index (χ0v) is 15.7. The van der Waals surface area contributed by atoms with E-state index in [-0.39, 0.29) is 6.61 Å².